The molecule has 3 N–H and O–H groups in total. The van der Waals surface area contributed by atoms with Crippen LogP contribution < -0.4 is 15.6 Å². The lowest BCUT2D eigenvalue weighted by Crippen LogP contribution is -2.42. The molecule has 180 valence electrons. The number of methoxy groups -OCH3 is 1. The number of nitrogens with zero attached hydrogens (tertiary/aromatic N) is 1. The molecule has 12 heteroatoms. The summed E-state index contributed by atoms with van der Waals surface area (Å²) in [6, 6.07) is 7.28. The zero-order valence-electron chi connectivity index (χ0n) is 18.2. The van der Waals surface area contributed by atoms with Gasteiger partial charge < -0.3 is 34.4 Å². The highest BCUT2D eigenvalue weighted by Gasteiger charge is 2.27. The maximum absolute atomic E-state index is 12.7. The number of thiophene rings is 1. The van der Waals surface area contributed by atoms with Gasteiger partial charge in [0.05, 0.1) is 38.9 Å². The normalized spacial score (nSPS) is 18.0. The molecule has 0 unspecified atom stereocenters. The number of aliphatic carboxylic acids is 1. The monoisotopic (exact) mass is 489 g/mol. The molecule has 2 atom stereocenters. The van der Waals surface area contributed by atoms with Gasteiger partial charge in [0.1, 0.15) is 16.7 Å². The average molecular weight is 490 g/mol. The number of carboxylic acids is 1. The number of H-pyrrole nitrogens is 1. The summed E-state index contributed by atoms with van der Waals surface area (Å²) in [5, 5.41) is 13.8. The lowest BCUT2D eigenvalue weighted by atomic mass is 10.2. The fourth-order valence-corrected chi connectivity index (χ4v) is 4.28. The third kappa shape index (κ3) is 5.59. The Kier molecular flexibility index (Phi) is 7.53. The third-order valence-electron chi connectivity index (χ3n) is 5.13. The van der Waals surface area contributed by atoms with Gasteiger partial charge in [-0.05, 0) is 23.1 Å². The lowest BCUT2D eigenvalue weighted by Gasteiger charge is -2.27. The van der Waals surface area contributed by atoms with Crippen LogP contribution in [-0.2, 0) is 32.2 Å². The van der Waals surface area contributed by atoms with E-state index < -0.39 is 29.6 Å². The molecule has 1 aliphatic heterocycles. The van der Waals surface area contributed by atoms with E-state index in [1.807, 2.05) is 12.1 Å². The summed E-state index contributed by atoms with van der Waals surface area (Å²) in [7, 11) is 1.57. The van der Waals surface area contributed by atoms with E-state index in [2.05, 4.69) is 15.3 Å². The number of rotatable bonds is 9. The maximum atomic E-state index is 12.7. The topological polar surface area (TPSA) is 149 Å². The van der Waals surface area contributed by atoms with Crippen molar-refractivity contribution in [2.75, 3.05) is 26.9 Å². The van der Waals surface area contributed by atoms with Crippen molar-refractivity contribution in [2.24, 2.45) is 0 Å². The van der Waals surface area contributed by atoms with Crippen molar-refractivity contribution in [3.05, 3.63) is 57.0 Å². The van der Waals surface area contributed by atoms with Crippen molar-refractivity contribution >= 4 is 33.4 Å². The van der Waals surface area contributed by atoms with Crippen molar-refractivity contribution in [1.82, 2.24) is 15.3 Å². The fourth-order valence-electron chi connectivity index (χ4n) is 3.35. The summed E-state index contributed by atoms with van der Waals surface area (Å²) >= 11 is 1.24. The van der Waals surface area contributed by atoms with Crippen LogP contribution >= 0.6 is 11.3 Å². The molecule has 1 saturated heterocycles. The van der Waals surface area contributed by atoms with Crippen molar-refractivity contribution in [3.8, 4) is 5.75 Å². The second-order valence-corrected chi connectivity index (χ2v) is 8.38. The Morgan fingerprint density at radius 3 is 2.91 bits per heavy atom. The molecule has 34 heavy (non-hydrogen) atoms. The van der Waals surface area contributed by atoms with E-state index in [0.717, 1.165) is 5.56 Å². The molecule has 2 aromatic heterocycles. The van der Waals surface area contributed by atoms with Crippen LogP contribution in [0.2, 0.25) is 0 Å². The Morgan fingerprint density at radius 1 is 1.32 bits per heavy atom. The van der Waals surface area contributed by atoms with E-state index in [4.69, 9.17) is 24.1 Å². The molecule has 0 spiro atoms. The first-order valence-electron chi connectivity index (χ1n) is 10.4. The highest BCUT2D eigenvalue weighted by Crippen LogP contribution is 2.22. The standard InChI is InChI=1S/C22H23N3O8S/c1-30-14-4-2-3-12(5-14)6-23-20(27)18-24-19(26)17-13(11-34-21(17)25-18)7-31-8-15-9-33-16(10-32-15)22(28)29/h2-5,11,15-16H,6-10H2,1H3,(H,23,27)(H,28,29)(H,24,25,26)/t15-,16-/m1/s1. The minimum absolute atomic E-state index is 0.0447. The Labute approximate surface area is 197 Å². The van der Waals surface area contributed by atoms with Crippen LogP contribution in [0.5, 0.6) is 5.75 Å². The molecule has 3 aromatic rings. The number of hydrogen-bond donors (Lipinski definition) is 3. The summed E-state index contributed by atoms with van der Waals surface area (Å²) in [6.07, 6.45) is -1.36. The van der Waals surface area contributed by atoms with Crippen molar-refractivity contribution in [3.63, 3.8) is 0 Å². The molecule has 1 amide bonds. The van der Waals surface area contributed by atoms with Gasteiger partial charge in [0.25, 0.3) is 11.5 Å². The molecule has 4 rings (SSSR count). The molecule has 3 heterocycles. The van der Waals surface area contributed by atoms with Crippen LogP contribution in [0.1, 0.15) is 21.7 Å². The fraction of sp³-hybridized carbons (Fsp3) is 0.364. The quantitative estimate of drug-likeness (QED) is 0.404. The number of nitrogens with one attached hydrogen (secondary N) is 2. The summed E-state index contributed by atoms with van der Waals surface area (Å²) < 4.78 is 21.5. The van der Waals surface area contributed by atoms with Gasteiger partial charge in [-0.2, -0.15) is 0 Å². The Bertz CT molecular complexity index is 1230. The number of hydrogen-bond acceptors (Lipinski definition) is 9. The summed E-state index contributed by atoms with van der Waals surface area (Å²) in [4.78, 5) is 43.3. The summed E-state index contributed by atoms with van der Waals surface area (Å²) in [5.74, 6) is -0.957. The van der Waals surface area contributed by atoms with Gasteiger partial charge in [0.15, 0.2) is 6.10 Å². The highest BCUT2D eigenvalue weighted by molar-refractivity contribution is 7.16. The van der Waals surface area contributed by atoms with Crippen LogP contribution in [0.3, 0.4) is 0 Å². The Morgan fingerprint density at radius 2 is 2.18 bits per heavy atom. The molecule has 1 aliphatic rings. The number of carbonyl (C=O) groups excluding carboxylic acids is 1. The Balaban J connectivity index is 1.35. The lowest BCUT2D eigenvalue weighted by molar-refractivity contribution is -0.181. The van der Waals surface area contributed by atoms with Crippen molar-refractivity contribution in [2.45, 2.75) is 25.4 Å². The van der Waals surface area contributed by atoms with Gasteiger partial charge in [0, 0.05) is 12.1 Å². The molecule has 0 aliphatic carbocycles. The maximum Gasteiger partial charge on any atom is 0.335 e. The molecular weight excluding hydrogens is 466 g/mol. The predicted octanol–water partition coefficient (Wildman–Crippen LogP) is 1.31. The van der Waals surface area contributed by atoms with E-state index in [9.17, 15) is 14.4 Å². The van der Waals surface area contributed by atoms with E-state index in [0.29, 0.717) is 21.5 Å². The third-order valence-corrected chi connectivity index (χ3v) is 6.05. The molecular formula is C22H23N3O8S. The van der Waals surface area contributed by atoms with Gasteiger partial charge in [-0.25, -0.2) is 9.78 Å². The van der Waals surface area contributed by atoms with E-state index >= 15 is 0 Å². The predicted molar refractivity (Wildman–Crippen MR) is 121 cm³/mol. The van der Waals surface area contributed by atoms with Gasteiger partial charge in [-0.1, -0.05) is 12.1 Å². The number of benzene rings is 1. The number of fused-ring (bicyclic) bond motifs is 1. The SMILES string of the molecule is COc1cccc(CNC(=O)c2nc3scc(COC[C@@H]4CO[C@@H](C(=O)O)CO4)c3c(=O)[nH]2)c1. The first-order valence-corrected chi connectivity index (χ1v) is 11.3. The van der Waals surface area contributed by atoms with Crippen LogP contribution in [0.4, 0.5) is 0 Å². The molecule has 1 aromatic carbocycles. The zero-order chi connectivity index (χ0) is 24.1. The molecule has 1 fully saturated rings. The van der Waals surface area contributed by atoms with Crippen LogP contribution in [0.15, 0.2) is 34.4 Å². The minimum atomic E-state index is -1.07. The summed E-state index contributed by atoms with van der Waals surface area (Å²) in [5.41, 5.74) is 1.05. The smallest absolute Gasteiger partial charge is 0.335 e. The molecule has 0 saturated carbocycles. The van der Waals surface area contributed by atoms with Gasteiger partial charge in [0.2, 0.25) is 5.82 Å². The van der Waals surface area contributed by atoms with Gasteiger partial charge >= 0.3 is 5.97 Å². The Hall–Kier alpha value is -3.32. The van der Waals surface area contributed by atoms with Crippen LogP contribution in [-0.4, -0.2) is 66.1 Å². The zero-order valence-corrected chi connectivity index (χ0v) is 19.1. The number of carboxylic acid groups (broad SMARTS) is 1. The number of amides is 1. The number of ether oxygens (including phenoxy) is 4. The number of aromatic amines is 1. The second-order valence-electron chi connectivity index (χ2n) is 7.52. The second kappa shape index (κ2) is 10.7. The highest BCUT2D eigenvalue weighted by atomic mass is 32.1. The van der Waals surface area contributed by atoms with Crippen LogP contribution in [0, 0.1) is 0 Å². The van der Waals surface area contributed by atoms with Gasteiger partial charge in [-0.15, -0.1) is 11.3 Å². The van der Waals surface area contributed by atoms with Crippen molar-refractivity contribution < 1.29 is 33.6 Å². The molecule has 11 nitrogen and oxygen atoms in total. The molecule has 0 radical (unpaired) electrons. The number of aromatic nitrogens is 2. The van der Waals surface area contributed by atoms with Crippen molar-refractivity contribution in [1.29, 1.82) is 0 Å². The average Bonchev–Trinajstić information content (AvgIpc) is 3.26. The summed E-state index contributed by atoms with van der Waals surface area (Å²) in [6.45, 7) is 0.629. The minimum Gasteiger partial charge on any atom is -0.497 e. The first-order chi connectivity index (χ1) is 16.4. The van der Waals surface area contributed by atoms with Gasteiger partial charge in [-0.3, -0.25) is 9.59 Å². The van der Waals surface area contributed by atoms with E-state index in [1.54, 1.807) is 24.6 Å². The first kappa shape index (κ1) is 23.8. The van der Waals surface area contributed by atoms with E-state index in [-0.39, 0.29) is 38.8 Å². The largest absolute Gasteiger partial charge is 0.497 e. The molecule has 0 bridgehead atoms. The van der Waals surface area contributed by atoms with E-state index in [1.165, 1.54) is 11.3 Å². The number of carbonyl (C=O) groups is 2. The van der Waals surface area contributed by atoms with Crippen LogP contribution in [0.25, 0.3) is 10.2 Å².